The van der Waals surface area contributed by atoms with E-state index < -0.39 is 0 Å². The fourth-order valence-corrected chi connectivity index (χ4v) is 3.16. The Morgan fingerprint density at radius 3 is 3.05 bits per heavy atom. The van der Waals surface area contributed by atoms with E-state index in [1.165, 1.54) is 0 Å². The highest BCUT2D eigenvalue weighted by Crippen LogP contribution is 2.29. The van der Waals surface area contributed by atoms with Gasteiger partial charge < -0.3 is 10.5 Å². The van der Waals surface area contributed by atoms with E-state index in [4.69, 9.17) is 10.5 Å². The standard InChI is InChI=1S/C14H14N2OS2/c1-17-13-5-4-11(3-2-6-15)9-12(13)10-19-14-16-7-8-18-14/h4-5,7-9H,6,10,15H2,1H3. The van der Waals surface area contributed by atoms with Crippen LogP contribution in [0.1, 0.15) is 11.1 Å². The molecule has 1 aromatic carbocycles. The summed E-state index contributed by atoms with van der Waals surface area (Å²) in [5.74, 6) is 7.59. The summed E-state index contributed by atoms with van der Waals surface area (Å²) in [5.41, 5.74) is 7.46. The number of benzene rings is 1. The number of aromatic nitrogens is 1. The van der Waals surface area contributed by atoms with Gasteiger partial charge in [0.15, 0.2) is 0 Å². The van der Waals surface area contributed by atoms with Crippen LogP contribution in [0.3, 0.4) is 0 Å². The molecule has 5 heteroatoms. The van der Waals surface area contributed by atoms with Crippen molar-refractivity contribution in [1.82, 2.24) is 4.98 Å². The third-order valence-corrected chi connectivity index (χ3v) is 4.39. The van der Waals surface area contributed by atoms with E-state index in [9.17, 15) is 0 Å². The topological polar surface area (TPSA) is 48.1 Å². The molecular formula is C14H14N2OS2. The largest absolute Gasteiger partial charge is 0.496 e. The molecule has 2 aromatic rings. The summed E-state index contributed by atoms with van der Waals surface area (Å²) >= 11 is 3.34. The van der Waals surface area contributed by atoms with Gasteiger partial charge in [0.05, 0.1) is 13.7 Å². The fraction of sp³-hybridized carbons (Fsp3) is 0.214. The van der Waals surface area contributed by atoms with Gasteiger partial charge in [0, 0.05) is 28.5 Å². The number of ether oxygens (including phenoxy) is 1. The van der Waals surface area contributed by atoms with Crippen LogP contribution < -0.4 is 10.5 Å². The van der Waals surface area contributed by atoms with Gasteiger partial charge in [0.2, 0.25) is 0 Å². The van der Waals surface area contributed by atoms with E-state index in [1.807, 2.05) is 29.8 Å². The minimum Gasteiger partial charge on any atom is -0.496 e. The number of hydrogen-bond acceptors (Lipinski definition) is 5. The van der Waals surface area contributed by atoms with E-state index in [0.717, 1.165) is 27.0 Å². The molecule has 3 nitrogen and oxygen atoms in total. The Balaban J connectivity index is 2.16. The number of hydrogen-bond donors (Lipinski definition) is 1. The van der Waals surface area contributed by atoms with Crippen LogP contribution in [0, 0.1) is 11.8 Å². The fourth-order valence-electron chi connectivity index (χ4n) is 1.54. The number of rotatable bonds is 4. The summed E-state index contributed by atoms with van der Waals surface area (Å²) in [6.45, 7) is 0.370. The lowest BCUT2D eigenvalue weighted by atomic mass is 10.1. The summed E-state index contributed by atoms with van der Waals surface area (Å²) in [7, 11) is 1.68. The second kappa shape index (κ2) is 7.19. The third-order valence-electron chi connectivity index (χ3n) is 2.38. The van der Waals surface area contributed by atoms with Gasteiger partial charge >= 0.3 is 0 Å². The molecular weight excluding hydrogens is 276 g/mol. The predicted molar refractivity (Wildman–Crippen MR) is 80.6 cm³/mol. The molecule has 2 N–H and O–H groups in total. The first-order valence-electron chi connectivity index (χ1n) is 5.71. The average molecular weight is 290 g/mol. The molecule has 0 atom stereocenters. The average Bonchev–Trinajstić information content (AvgIpc) is 2.96. The first kappa shape index (κ1) is 13.9. The molecule has 1 aromatic heterocycles. The van der Waals surface area contributed by atoms with Gasteiger partial charge in [-0.05, 0) is 18.2 Å². The number of thiazole rings is 1. The van der Waals surface area contributed by atoms with Crippen molar-refractivity contribution in [3.63, 3.8) is 0 Å². The third kappa shape index (κ3) is 4.00. The summed E-state index contributed by atoms with van der Waals surface area (Å²) < 4.78 is 6.43. The highest BCUT2D eigenvalue weighted by atomic mass is 32.2. The molecule has 0 bridgehead atoms. The van der Waals surface area contributed by atoms with Crippen molar-refractivity contribution in [3.05, 3.63) is 40.9 Å². The molecule has 98 valence electrons. The number of nitrogens with two attached hydrogens (primary N) is 1. The maximum Gasteiger partial charge on any atom is 0.150 e. The van der Waals surface area contributed by atoms with Gasteiger partial charge in [-0.3, -0.25) is 0 Å². The zero-order valence-corrected chi connectivity index (χ0v) is 12.2. The Labute approximate surface area is 121 Å². The van der Waals surface area contributed by atoms with Crippen LogP contribution >= 0.6 is 23.1 Å². The van der Waals surface area contributed by atoms with Gasteiger partial charge in [0.25, 0.3) is 0 Å². The zero-order valence-electron chi connectivity index (χ0n) is 10.6. The van der Waals surface area contributed by atoms with Gasteiger partial charge in [-0.1, -0.05) is 23.6 Å². The van der Waals surface area contributed by atoms with Crippen LogP contribution in [-0.4, -0.2) is 18.6 Å². The molecule has 19 heavy (non-hydrogen) atoms. The van der Waals surface area contributed by atoms with Crippen LogP contribution in [0.15, 0.2) is 34.1 Å². The second-order valence-corrected chi connectivity index (χ2v) is 5.74. The molecule has 2 rings (SSSR count). The monoisotopic (exact) mass is 290 g/mol. The quantitative estimate of drug-likeness (QED) is 0.695. The van der Waals surface area contributed by atoms with Crippen LogP contribution in [0.4, 0.5) is 0 Å². The van der Waals surface area contributed by atoms with Crippen molar-refractivity contribution in [2.75, 3.05) is 13.7 Å². The Morgan fingerprint density at radius 1 is 1.47 bits per heavy atom. The molecule has 0 saturated carbocycles. The summed E-state index contributed by atoms with van der Waals surface area (Å²) in [5, 5.41) is 1.97. The van der Waals surface area contributed by atoms with Gasteiger partial charge in [-0.15, -0.1) is 11.3 Å². The predicted octanol–water partition coefficient (Wildman–Crippen LogP) is 2.75. The van der Waals surface area contributed by atoms with Crippen LogP contribution in [-0.2, 0) is 5.75 Å². The molecule has 0 aliphatic carbocycles. The van der Waals surface area contributed by atoms with E-state index in [2.05, 4.69) is 16.8 Å². The number of methoxy groups -OCH3 is 1. The smallest absolute Gasteiger partial charge is 0.150 e. The Bertz CT molecular complexity index is 585. The van der Waals surface area contributed by atoms with E-state index >= 15 is 0 Å². The maximum absolute atomic E-state index is 5.38. The van der Waals surface area contributed by atoms with Crippen molar-refractivity contribution in [2.45, 2.75) is 10.1 Å². The molecule has 0 saturated heterocycles. The molecule has 0 aliphatic rings. The van der Waals surface area contributed by atoms with Gasteiger partial charge in [-0.2, -0.15) is 0 Å². The minimum absolute atomic E-state index is 0.370. The first-order valence-corrected chi connectivity index (χ1v) is 7.58. The van der Waals surface area contributed by atoms with Crippen molar-refractivity contribution < 1.29 is 4.74 Å². The highest BCUT2D eigenvalue weighted by molar-refractivity contribution is 8.00. The van der Waals surface area contributed by atoms with Crippen LogP contribution in [0.5, 0.6) is 5.75 Å². The van der Waals surface area contributed by atoms with Crippen molar-refractivity contribution in [3.8, 4) is 17.6 Å². The van der Waals surface area contributed by atoms with Crippen molar-refractivity contribution >= 4 is 23.1 Å². The molecule has 0 unspecified atom stereocenters. The highest BCUT2D eigenvalue weighted by Gasteiger charge is 2.06. The number of thioether (sulfide) groups is 1. The lowest BCUT2D eigenvalue weighted by molar-refractivity contribution is 0.411. The van der Waals surface area contributed by atoms with E-state index in [-0.39, 0.29) is 0 Å². The lowest BCUT2D eigenvalue weighted by Crippen LogP contribution is -1.94. The lowest BCUT2D eigenvalue weighted by Gasteiger charge is -2.07. The molecule has 0 spiro atoms. The molecule has 1 heterocycles. The van der Waals surface area contributed by atoms with Gasteiger partial charge in [0.1, 0.15) is 10.1 Å². The van der Waals surface area contributed by atoms with E-state index in [1.54, 1.807) is 30.2 Å². The number of nitrogens with zero attached hydrogens (tertiary/aromatic N) is 1. The maximum atomic E-state index is 5.38. The second-order valence-electron chi connectivity index (χ2n) is 3.62. The molecule has 0 fully saturated rings. The molecule has 0 aliphatic heterocycles. The Kier molecular flexibility index (Phi) is 5.28. The SMILES string of the molecule is COc1ccc(C#CCN)cc1CSc1nccs1. The van der Waals surface area contributed by atoms with Crippen LogP contribution in [0.25, 0.3) is 0 Å². The first-order chi connectivity index (χ1) is 9.33. The Morgan fingerprint density at radius 2 is 2.37 bits per heavy atom. The Hall–Kier alpha value is -1.48. The summed E-state index contributed by atoms with van der Waals surface area (Å²) in [6.07, 6.45) is 1.81. The molecule has 0 amide bonds. The van der Waals surface area contributed by atoms with Gasteiger partial charge in [-0.25, -0.2) is 4.98 Å². The van der Waals surface area contributed by atoms with Crippen molar-refractivity contribution in [1.29, 1.82) is 0 Å². The van der Waals surface area contributed by atoms with E-state index in [0.29, 0.717) is 6.54 Å². The van der Waals surface area contributed by atoms with Crippen LogP contribution in [0.2, 0.25) is 0 Å². The zero-order chi connectivity index (χ0) is 13.5. The molecule has 0 radical (unpaired) electrons. The normalized spacial score (nSPS) is 9.79. The summed E-state index contributed by atoms with van der Waals surface area (Å²) in [6, 6.07) is 5.93. The minimum atomic E-state index is 0.370. The van der Waals surface area contributed by atoms with Crippen molar-refractivity contribution in [2.24, 2.45) is 5.73 Å². The summed E-state index contributed by atoms with van der Waals surface area (Å²) in [4.78, 5) is 4.25.